The summed E-state index contributed by atoms with van der Waals surface area (Å²) in [5, 5.41) is 15.0. The summed E-state index contributed by atoms with van der Waals surface area (Å²) < 4.78 is 12.7. The van der Waals surface area contributed by atoms with Crippen LogP contribution in [0.4, 0.5) is 10.1 Å². The van der Waals surface area contributed by atoms with Crippen LogP contribution in [0.2, 0.25) is 0 Å². The van der Waals surface area contributed by atoms with E-state index in [1.54, 1.807) is 19.1 Å². The van der Waals surface area contributed by atoms with Gasteiger partial charge in [0.25, 0.3) is 0 Å². The molecule has 0 radical (unpaired) electrons. The molecule has 0 aliphatic heterocycles. The second-order valence-electron chi connectivity index (χ2n) is 3.94. The molecule has 0 heterocycles. The normalized spacial score (nSPS) is 12.7. The molecule has 0 aromatic heterocycles. The Labute approximate surface area is 88.6 Å². The number of halogens is 1. The van der Waals surface area contributed by atoms with Crippen LogP contribution in [0.25, 0.3) is 0 Å². The molecule has 1 aromatic rings. The Kier molecular flexibility index (Phi) is 3.29. The number of nitrogens with zero attached hydrogens (tertiary/aromatic N) is 1. The zero-order valence-corrected chi connectivity index (χ0v) is 9.08. The summed E-state index contributed by atoms with van der Waals surface area (Å²) in [6.45, 7) is 5.48. The first-order valence-electron chi connectivity index (χ1n) is 4.68. The van der Waals surface area contributed by atoms with Crippen molar-refractivity contribution in [3.05, 3.63) is 30.1 Å². The minimum Gasteiger partial charge on any atom is -0.411 e. The molecule has 0 aliphatic rings. The van der Waals surface area contributed by atoms with Crippen LogP contribution in [-0.2, 0) is 0 Å². The molecule has 0 unspecified atom stereocenters. The first-order chi connectivity index (χ1) is 6.95. The highest BCUT2D eigenvalue weighted by atomic mass is 19.1. The van der Waals surface area contributed by atoms with Gasteiger partial charge in [0.05, 0.1) is 11.3 Å². The predicted molar refractivity (Wildman–Crippen MR) is 59.0 cm³/mol. The Balaban J connectivity index is 2.82. The van der Waals surface area contributed by atoms with Crippen molar-refractivity contribution >= 4 is 11.4 Å². The van der Waals surface area contributed by atoms with Gasteiger partial charge >= 0.3 is 0 Å². The fourth-order valence-corrected chi connectivity index (χ4v) is 1.11. The standard InChI is InChI=1S/C11H15FN2O/c1-8(14-15)11(2,3)13-10-6-4-9(12)5-7-10/h4-7,13,15H,1-3H3. The lowest BCUT2D eigenvalue weighted by atomic mass is 9.99. The molecule has 0 fully saturated rings. The highest BCUT2D eigenvalue weighted by Gasteiger charge is 2.21. The first kappa shape index (κ1) is 11.5. The lowest BCUT2D eigenvalue weighted by molar-refractivity contribution is 0.314. The van der Waals surface area contributed by atoms with Crippen molar-refractivity contribution in [2.24, 2.45) is 5.16 Å². The summed E-state index contributed by atoms with van der Waals surface area (Å²) in [6, 6.07) is 6.04. The Bertz CT molecular complexity index is 357. The lowest BCUT2D eigenvalue weighted by Gasteiger charge is -2.26. The molecule has 0 aliphatic carbocycles. The molecule has 82 valence electrons. The lowest BCUT2D eigenvalue weighted by Crippen LogP contribution is -2.38. The van der Waals surface area contributed by atoms with E-state index in [4.69, 9.17) is 5.21 Å². The Hall–Kier alpha value is -1.58. The van der Waals surface area contributed by atoms with Gasteiger partial charge in [-0.2, -0.15) is 0 Å². The Morgan fingerprint density at radius 3 is 2.33 bits per heavy atom. The summed E-state index contributed by atoms with van der Waals surface area (Å²) in [5.74, 6) is -0.272. The topological polar surface area (TPSA) is 44.6 Å². The molecule has 1 aromatic carbocycles. The summed E-state index contributed by atoms with van der Waals surface area (Å²) in [6.07, 6.45) is 0. The van der Waals surface area contributed by atoms with Crippen molar-refractivity contribution in [2.75, 3.05) is 5.32 Å². The minimum absolute atomic E-state index is 0.272. The fourth-order valence-electron chi connectivity index (χ4n) is 1.11. The summed E-state index contributed by atoms with van der Waals surface area (Å²) in [4.78, 5) is 0. The van der Waals surface area contributed by atoms with E-state index in [-0.39, 0.29) is 5.82 Å². The van der Waals surface area contributed by atoms with E-state index < -0.39 is 5.54 Å². The van der Waals surface area contributed by atoms with E-state index in [1.165, 1.54) is 12.1 Å². The van der Waals surface area contributed by atoms with Crippen molar-refractivity contribution in [1.82, 2.24) is 0 Å². The van der Waals surface area contributed by atoms with Crippen LogP contribution < -0.4 is 5.32 Å². The van der Waals surface area contributed by atoms with Crippen molar-refractivity contribution in [3.63, 3.8) is 0 Å². The maximum absolute atomic E-state index is 12.7. The summed E-state index contributed by atoms with van der Waals surface area (Å²) >= 11 is 0. The van der Waals surface area contributed by atoms with E-state index in [1.807, 2.05) is 13.8 Å². The molecular formula is C11H15FN2O. The number of anilines is 1. The monoisotopic (exact) mass is 210 g/mol. The third-order valence-electron chi connectivity index (χ3n) is 2.36. The average Bonchev–Trinajstić information content (AvgIpc) is 2.20. The van der Waals surface area contributed by atoms with Gasteiger partial charge in [-0.3, -0.25) is 0 Å². The van der Waals surface area contributed by atoms with E-state index in [2.05, 4.69) is 10.5 Å². The van der Waals surface area contributed by atoms with E-state index in [0.717, 1.165) is 5.69 Å². The number of nitrogens with one attached hydrogen (secondary N) is 1. The van der Waals surface area contributed by atoms with E-state index in [9.17, 15) is 4.39 Å². The van der Waals surface area contributed by atoms with Crippen molar-refractivity contribution in [3.8, 4) is 0 Å². The number of oxime groups is 1. The van der Waals surface area contributed by atoms with Crippen LogP contribution >= 0.6 is 0 Å². The van der Waals surface area contributed by atoms with Crippen LogP contribution in [0, 0.1) is 5.82 Å². The number of hydrogen-bond acceptors (Lipinski definition) is 3. The SMILES string of the molecule is CC(=NO)C(C)(C)Nc1ccc(F)cc1. The third kappa shape index (κ3) is 2.94. The fraction of sp³-hybridized carbons (Fsp3) is 0.364. The largest absolute Gasteiger partial charge is 0.411 e. The molecule has 0 bridgehead atoms. The van der Waals surface area contributed by atoms with Crippen LogP contribution in [-0.4, -0.2) is 16.5 Å². The highest BCUT2D eigenvalue weighted by molar-refractivity contribution is 5.92. The molecule has 3 nitrogen and oxygen atoms in total. The first-order valence-corrected chi connectivity index (χ1v) is 4.68. The number of rotatable bonds is 3. The van der Waals surface area contributed by atoms with Crippen LogP contribution in [0.3, 0.4) is 0 Å². The average molecular weight is 210 g/mol. The molecule has 0 atom stereocenters. The van der Waals surface area contributed by atoms with Crippen LogP contribution in [0.1, 0.15) is 20.8 Å². The van der Waals surface area contributed by atoms with Gasteiger partial charge in [-0.1, -0.05) is 5.16 Å². The third-order valence-corrected chi connectivity index (χ3v) is 2.36. The van der Waals surface area contributed by atoms with Gasteiger partial charge in [-0.05, 0) is 45.0 Å². The van der Waals surface area contributed by atoms with E-state index >= 15 is 0 Å². The summed E-state index contributed by atoms with van der Waals surface area (Å²) in [7, 11) is 0. The van der Waals surface area contributed by atoms with E-state index in [0.29, 0.717) is 5.71 Å². The Morgan fingerprint density at radius 2 is 1.87 bits per heavy atom. The van der Waals surface area contributed by atoms with Crippen LogP contribution in [0.15, 0.2) is 29.4 Å². The van der Waals surface area contributed by atoms with Gasteiger partial charge in [-0.15, -0.1) is 0 Å². The predicted octanol–water partition coefficient (Wildman–Crippen LogP) is 2.87. The molecule has 0 saturated heterocycles. The number of hydrogen-bond donors (Lipinski definition) is 2. The molecular weight excluding hydrogens is 195 g/mol. The molecule has 4 heteroatoms. The molecule has 0 spiro atoms. The van der Waals surface area contributed by atoms with Gasteiger partial charge in [-0.25, -0.2) is 4.39 Å². The van der Waals surface area contributed by atoms with Gasteiger partial charge < -0.3 is 10.5 Å². The molecule has 1 rings (SSSR count). The quantitative estimate of drug-likeness (QED) is 0.457. The van der Waals surface area contributed by atoms with Crippen LogP contribution in [0.5, 0.6) is 0 Å². The maximum Gasteiger partial charge on any atom is 0.123 e. The molecule has 0 saturated carbocycles. The highest BCUT2D eigenvalue weighted by Crippen LogP contribution is 2.16. The van der Waals surface area contributed by atoms with Gasteiger partial charge in [0.15, 0.2) is 0 Å². The maximum atomic E-state index is 12.7. The van der Waals surface area contributed by atoms with Gasteiger partial charge in [0.2, 0.25) is 0 Å². The second kappa shape index (κ2) is 4.29. The van der Waals surface area contributed by atoms with Crippen molar-refractivity contribution < 1.29 is 9.60 Å². The van der Waals surface area contributed by atoms with Gasteiger partial charge in [0, 0.05) is 5.69 Å². The molecule has 2 N–H and O–H groups in total. The van der Waals surface area contributed by atoms with Crippen molar-refractivity contribution in [2.45, 2.75) is 26.3 Å². The number of benzene rings is 1. The molecule has 15 heavy (non-hydrogen) atoms. The minimum atomic E-state index is -0.466. The van der Waals surface area contributed by atoms with Gasteiger partial charge in [0.1, 0.15) is 5.82 Å². The Morgan fingerprint density at radius 1 is 1.33 bits per heavy atom. The zero-order valence-electron chi connectivity index (χ0n) is 9.08. The zero-order chi connectivity index (χ0) is 11.5. The molecule has 0 amide bonds. The second-order valence-corrected chi connectivity index (χ2v) is 3.94. The summed E-state index contributed by atoms with van der Waals surface area (Å²) in [5.41, 5.74) is 0.878. The van der Waals surface area contributed by atoms with Crippen molar-refractivity contribution in [1.29, 1.82) is 0 Å². The smallest absolute Gasteiger partial charge is 0.123 e.